The number of hydrogen-bond acceptors (Lipinski definition) is 7. The molecule has 0 unspecified atom stereocenters. The van der Waals surface area contributed by atoms with Crippen LogP contribution in [-0.2, 0) is 21.2 Å². The number of rotatable bonds is 8. The molecular weight excluding hydrogens is 426 g/mol. The zero-order chi connectivity index (χ0) is 21.7. The minimum Gasteiger partial charge on any atom is -0.497 e. The van der Waals surface area contributed by atoms with Gasteiger partial charge < -0.3 is 10.1 Å². The van der Waals surface area contributed by atoms with Crippen LogP contribution in [0.5, 0.6) is 5.75 Å². The molecule has 0 aliphatic heterocycles. The minimum atomic E-state index is -3.80. The van der Waals surface area contributed by atoms with Crippen molar-refractivity contribution in [3.8, 4) is 5.75 Å². The molecular formula is C20H19N3O5S2. The highest BCUT2D eigenvalue weighted by molar-refractivity contribution is 7.93. The number of hydrogen-bond donors (Lipinski definition) is 2. The number of amides is 1. The van der Waals surface area contributed by atoms with E-state index in [0.717, 1.165) is 11.3 Å². The van der Waals surface area contributed by atoms with Crippen molar-refractivity contribution in [3.63, 3.8) is 0 Å². The number of nitrogens with zero attached hydrogens (tertiary/aromatic N) is 1. The number of nitrogens with one attached hydrogen (secondary N) is 2. The van der Waals surface area contributed by atoms with Crippen LogP contribution < -0.4 is 14.8 Å². The number of Topliss-reactive ketones (excluding diaryl/α,β-unsaturated/α-hetero) is 1. The van der Waals surface area contributed by atoms with E-state index < -0.39 is 10.0 Å². The summed E-state index contributed by atoms with van der Waals surface area (Å²) in [4.78, 5) is 27.8. The summed E-state index contributed by atoms with van der Waals surface area (Å²) in [6, 6.07) is 12.5. The minimum absolute atomic E-state index is 0.0186. The number of thiazole rings is 1. The van der Waals surface area contributed by atoms with E-state index in [1.165, 1.54) is 26.2 Å². The zero-order valence-electron chi connectivity index (χ0n) is 16.2. The second-order valence-corrected chi connectivity index (χ2v) is 8.82. The van der Waals surface area contributed by atoms with E-state index in [0.29, 0.717) is 22.7 Å². The standard InChI is InChI=1S/C20H19N3O5S2/c1-13(24)14-3-5-15(6-4-14)21-19(25)11-16-12-29-20(22-16)23-30(26,27)18-9-7-17(28-2)8-10-18/h3-10,12H,11H2,1-2H3,(H,21,25)(H,22,23). The average Bonchev–Trinajstić information content (AvgIpc) is 3.14. The molecule has 30 heavy (non-hydrogen) atoms. The van der Waals surface area contributed by atoms with Crippen LogP contribution in [-0.4, -0.2) is 32.2 Å². The molecule has 0 saturated carbocycles. The van der Waals surface area contributed by atoms with Crippen LogP contribution in [0.4, 0.5) is 10.8 Å². The van der Waals surface area contributed by atoms with E-state index in [1.807, 2.05) is 0 Å². The number of benzene rings is 2. The molecule has 156 valence electrons. The maximum atomic E-state index is 12.5. The predicted molar refractivity (Wildman–Crippen MR) is 115 cm³/mol. The van der Waals surface area contributed by atoms with E-state index in [1.54, 1.807) is 41.8 Å². The third-order valence-corrected chi connectivity index (χ3v) is 6.35. The number of carbonyl (C=O) groups excluding carboxylic acids is 2. The lowest BCUT2D eigenvalue weighted by Crippen LogP contribution is -2.15. The molecule has 1 heterocycles. The first kappa shape index (κ1) is 21.5. The van der Waals surface area contributed by atoms with Crippen molar-refractivity contribution in [3.05, 3.63) is 65.2 Å². The normalized spacial score (nSPS) is 11.0. The first-order chi connectivity index (χ1) is 14.3. The van der Waals surface area contributed by atoms with Crippen LogP contribution in [0.15, 0.2) is 58.8 Å². The number of ether oxygens (including phenoxy) is 1. The van der Waals surface area contributed by atoms with Crippen molar-refractivity contribution >= 4 is 43.9 Å². The van der Waals surface area contributed by atoms with Crippen LogP contribution >= 0.6 is 11.3 Å². The number of methoxy groups -OCH3 is 1. The Morgan fingerprint density at radius 1 is 1.07 bits per heavy atom. The molecule has 3 aromatic rings. The van der Waals surface area contributed by atoms with Crippen LogP contribution in [0.25, 0.3) is 0 Å². The molecule has 0 fully saturated rings. The summed E-state index contributed by atoms with van der Waals surface area (Å²) in [6.45, 7) is 1.47. The Kier molecular flexibility index (Phi) is 6.48. The lowest BCUT2D eigenvalue weighted by molar-refractivity contribution is -0.115. The van der Waals surface area contributed by atoms with Crippen LogP contribution in [0, 0.1) is 0 Å². The van der Waals surface area contributed by atoms with Gasteiger partial charge in [-0.2, -0.15) is 0 Å². The molecule has 0 atom stereocenters. The molecule has 3 rings (SSSR count). The molecule has 0 saturated heterocycles. The van der Waals surface area contributed by atoms with Gasteiger partial charge in [-0.05, 0) is 55.5 Å². The van der Waals surface area contributed by atoms with Gasteiger partial charge >= 0.3 is 0 Å². The number of ketones is 1. The predicted octanol–water partition coefficient (Wildman–Crippen LogP) is 3.34. The largest absolute Gasteiger partial charge is 0.497 e. The maximum absolute atomic E-state index is 12.5. The Morgan fingerprint density at radius 2 is 1.73 bits per heavy atom. The molecule has 10 heteroatoms. The summed E-state index contributed by atoms with van der Waals surface area (Å²) < 4.78 is 32.3. The SMILES string of the molecule is COc1ccc(S(=O)(=O)Nc2nc(CC(=O)Nc3ccc(C(C)=O)cc3)cs2)cc1. The summed E-state index contributed by atoms with van der Waals surface area (Å²) in [5.74, 6) is 0.188. The van der Waals surface area contributed by atoms with Gasteiger partial charge in [0.1, 0.15) is 5.75 Å². The highest BCUT2D eigenvalue weighted by Gasteiger charge is 2.17. The van der Waals surface area contributed by atoms with E-state index in [9.17, 15) is 18.0 Å². The zero-order valence-corrected chi connectivity index (χ0v) is 17.8. The maximum Gasteiger partial charge on any atom is 0.263 e. The second kappa shape index (κ2) is 9.06. The molecule has 2 aromatic carbocycles. The molecule has 0 bridgehead atoms. The van der Waals surface area contributed by atoms with E-state index in [2.05, 4.69) is 15.0 Å². The van der Waals surface area contributed by atoms with Crippen LogP contribution in [0.3, 0.4) is 0 Å². The highest BCUT2D eigenvalue weighted by Crippen LogP contribution is 2.22. The molecule has 1 amide bonds. The van der Waals surface area contributed by atoms with Crippen molar-refractivity contribution in [2.45, 2.75) is 18.2 Å². The van der Waals surface area contributed by atoms with Gasteiger partial charge in [-0.25, -0.2) is 13.4 Å². The van der Waals surface area contributed by atoms with Gasteiger partial charge in [0.2, 0.25) is 5.91 Å². The Balaban J connectivity index is 1.61. The average molecular weight is 446 g/mol. The Morgan fingerprint density at radius 3 is 2.33 bits per heavy atom. The van der Waals surface area contributed by atoms with E-state index >= 15 is 0 Å². The first-order valence-corrected chi connectivity index (χ1v) is 11.2. The number of carbonyl (C=O) groups is 2. The van der Waals surface area contributed by atoms with Crippen molar-refractivity contribution in [1.29, 1.82) is 0 Å². The van der Waals surface area contributed by atoms with Gasteiger partial charge in [0.15, 0.2) is 10.9 Å². The Bertz CT molecular complexity index is 1150. The molecule has 0 aliphatic rings. The molecule has 2 N–H and O–H groups in total. The quantitative estimate of drug-likeness (QED) is 0.514. The van der Waals surface area contributed by atoms with Crippen molar-refractivity contribution in [1.82, 2.24) is 4.98 Å². The first-order valence-electron chi connectivity index (χ1n) is 8.79. The summed E-state index contributed by atoms with van der Waals surface area (Å²) >= 11 is 1.09. The second-order valence-electron chi connectivity index (χ2n) is 6.28. The Labute approximate surface area is 178 Å². The molecule has 1 aromatic heterocycles. The summed E-state index contributed by atoms with van der Waals surface area (Å²) in [6.07, 6.45) is -0.0186. The third-order valence-electron chi connectivity index (χ3n) is 4.06. The molecule has 8 nitrogen and oxygen atoms in total. The Hall–Kier alpha value is -3.24. The van der Waals surface area contributed by atoms with Crippen LogP contribution in [0.2, 0.25) is 0 Å². The molecule has 0 aliphatic carbocycles. The van der Waals surface area contributed by atoms with Gasteiger partial charge in [-0.15, -0.1) is 11.3 Å². The van der Waals surface area contributed by atoms with Crippen molar-refractivity contribution in [2.24, 2.45) is 0 Å². The number of aromatic nitrogens is 1. The number of sulfonamides is 1. The third kappa shape index (κ3) is 5.43. The van der Waals surface area contributed by atoms with Crippen molar-refractivity contribution < 1.29 is 22.7 Å². The fourth-order valence-corrected chi connectivity index (χ4v) is 4.48. The van der Waals surface area contributed by atoms with E-state index in [-0.39, 0.29) is 28.1 Å². The van der Waals surface area contributed by atoms with Gasteiger partial charge in [0.25, 0.3) is 10.0 Å². The lowest BCUT2D eigenvalue weighted by Gasteiger charge is -2.06. The smallest absolute Gasteiger partial charge is 0.263 e. The topological polar surface area (TPSA) is 114 Å². The van der Waals surface area contributed by atoms with Gasteiger partial charge in [0, 0.05) is 16.6 Å². The van der Waals surface area contributed by atoms with Gasteiger partial charge in [-0.3, -0.25) is 14.3 Å². The van der Waals surface area contributed by atoms with E-state index in [4.69, 9.17) is 4.74 Å². The van der Waals surface area contributed by atoms with Crippen LogP contribution in [0.1, 0.15) is 23.0 Å². The fourth-order valence-electron chi connectivity index (χ4n) is 2.52. The van der Waals surface area contributed by atoms with Gasteiger partial charge in [-0.1, -0.05) is 0 Å². The summed E-state index contributed by atoms with van der Waals surface area (Å²) in [7, 11) is -2.30. The summed E-state index contributed by atoms with van der Waals surface area (Å²) in [5.41, 5.74) is 1.55. The fraction of sp³-hybridized carbons (Fsp3) is 0.150. The molecule has 0 spiro atoms. The van der Waals surface area contributed by atoms with Crippen molar-refractivity contribution in [2.75, 3.05) is 17.1 Å². The monoisotopic (exact) mass is 445 g/mol. The summed E-state index contributed by atoms with van der Waals surface area (Å²) in [5, 5.41) is 4.50. The van der Waals surface area contributed by atoms with Gasteiger partial charge in [0.05, 0.1) is 24.1 Å². The molecule has 0 radical (unpaired) electrons. The number of anilines is 2. The highest BCUT2D eigenvalue weighted by atomic mass is 32.2. The lowest BCUT2D eigenvalue weighted by atomic mass is 10.1.